The van der Waals surface area contributed by atoms with Crippen molar-refractivity contribution < 1.29 is 9.53 Å². The number of benzene rings is 2. The van der Waals surface area contributed by atoms with Gasteiger partial charge in [-0.2, -0.15) is 0 Å². The van der Waals surface area contributed by atoms with E-state index in [1.807, 2.05) is 55.5 Å². The van der Waals surface area contributed by atoms with E-state index < -0.39 is 0 Å². The molecule has 0 saturated carbocycles. The molecule has 2 aromatic carbocycles. The fraction of sp³-hybridized carbons (Fsp3) is 0.300. The van der Waals surface area contributed by atoms with Crippen molar-refractivity contribution in [3.8, 4) is 5.75 Å². The molecule has 0 spiro atoms. The molecule has 0 atom stereocenters. The molecule has 0 radical (unpaired) electrons. The highest BCUT2D eigenvalue weighted by Gasteiger charge is 2.10. The summed E-state index contributed by atoms with van der Waals surface area (Å²) in [5.41, 5.74) is 3.10. The zero-order chi connectivity index (χ0) is 16.8. The summed E-state index contributed by atoms with van der Waals surface area (Å²) in [6.45, 7) is 4.31. The Bertz CT molecular complexity index is 736. The summed E-state index contributed by atoms with van der Waals surface area (Å²) in [5, 5.41) is 3.26. The smallest absolute Gasteiger partial charge is 0.141 e. The third-order valence-electron chi connectivity index (χ3n) is 3.91. The van der Waals surface area contributed by atoms with Crippen molar-refractivity contribution >= 4 is 11.6 Å². The summed E-state index contributed by atoms with van der Waals surface area (Å²) in [6.07, 6.45) is 0.879. The monoisotopic (exact) mass is 322 g/mol. The van der Waals surface area contributed by atoms with Crippen LogP contribution in [0.5, 0.6) is 5.75 Å². The fourth-order valence-electron chi connectivity index (χ4n) is 2.81. The van der Waals surface area contributed by atoms with Crippen LogP contribution in [0.15, 0.2) is 53.5 Å². The molecule has 24 heavy (non-hydrogen) atoms. The van der Waals surface area contributed by atoms with E-state index in [1.165, 1.54) is 0 Å². The summed E-state index contributed by atoms with van der Waals surface area (Å²) in [6, 6.07) is 15.8. The zero-order valence-electron chi connectivity index (χ0n) is 13.9. The Labute approximate surface area is 142 Å². The molecule has 4 heteroatoms. The summed E-state index contributed by atoms with van der Waals surface area (Å²) >= 11 is 0. The molecule has 0 aliphatic carbocycles. The fourth-order valence-corrected chi connectivity index (χ4v) is 2.81. The summed E-state index contributed by atoms with van der Waals surface area (Å²) in [4.78, 5) is 16.8. The number of amidine groups is 1. The number of aliphatic imine (C=N–C) groups is 1. The van der Waals surface area contributed by atoms with Gasteiger partial charge in [0.25, 0.3) is 0 Å². The van der Waals surface area contributed by atoms with Crippen molar-refractivity contribution in [3.05, 3.63) is 65.2 Å². The van der Waals surface area contributed by atoms with Crippen molar-refractivity contribution in [2.24, 2.45) is 4.99 Å². The van der Waals surface area contributed by atoms with Gasteiger partial charge in [0, 0.05) is 24.9 Å². The molecule has 1 N–H and O–H groups in total. The van der Waals surface area contributed by atoms with Crippen LogP contribution in [0.2, 0.25) is 0 Å². The van der Waals surface area contributed by atoms with Gasteiger partial charge >= 0.3 is 0 Å². The molecular weight excluding hydrogens is 300 g/mol. The Morgan fingerprint density at radius 2 is 1.92 bits per heavy atom. The number of rotatable bonds is 7. The second kappa shape index (κ2) is 7.77. The van der Waals surface area contributed by atoms with Gasteiger partial charge in [-0.15, -0.1) is 0 Å². The lowest BCUT2D eigenvalue weighted by Crippen LogP contribution is -2.19. The molecule has 3 rings (SSSR count). The first-order chi connectivity index (χ1) is 11.7. The lowest BCUT2D eigenvalue weighted by Gasteiger charge is -2.07. The molecule has 1 aliphatic heterocycles. The predicted octanol–water partition coefficient (Wildman–Crippen LogP) is 2.79. The number of Topliss-reactive ketones (excluding diaryl/α,β-unsaturated/α-hetero) is 1. The van der Waals surface area contributed by atoms with Gasteiger partial charge in [0.05, 0.1) is 13.2 Å². The van der Waals surface area contributed by atoms with Crippen LogP contribution >= 0.6 is 0 Å². The number of hydrogen-bond donors (Lipinski definition) is 1. The number of carbonyl (C=O) groups excluding carboxylic acids is 1. The van der Waals surface area contributed by atoms with E-state index in [4.69, 9.17) is 4.74 Å². The van der Waals surface area contributed by atoms with Crippen molar-refractivity contribution in [1.29, 1.82) is 0 Å². The van der Waals surface area contributed by atoms with Crippen LogP contribution in [0.25, 0.3) is 0 Å². The Kier molecular flexibility index (Phi) is 5.26. The van der Waals surface area contributed by atoms with E-state index in [-0.39, 0.29) is 5.78 Å². The molecule has 0 aromatic heterocycles. The van der Waals surface area contributed by atoms with Crippen LogP contribution in [-0.2, 0) is 17.6 Å². The number of hydrogen-bond acceptors (Lipinski definition) is 4. The topological polar surface area (TPSA) is 50.7 Å². The van der Waals surface area contributed by atoms with Crippen molar-refractivity contribution in [3.63, 3.8) is 0 Å². The number of ether oxygens (including phenoxy) is 1. The highest BCUT2D eigenvalue weighted by atomic mass is 16.5. The van der Waals surface area contributed by atoms with Crippen molar-refractivity contribution in [1.82, 2.24) is 5.32 Å². The minimum atomic E-state index is 0.206. The van der Waals surface area contributed by atoms with E-state index in [0.717, 1.165) is 41.4 Å². The van der Waals surface area contributed by atoms with Crippen LogP contribution in [0.3, 0.4) is 0 Å². The maximum Gasteiger partial charge on any atom is 0.141 e. The van der Waals surface area contributed by atoms with Gasteiger partial charge in [-0.25, -0.2) is 0 Å². The van der Waals surface area contributed by atoms with Gasteiger partial charge in [0.15, 0.2) is 0 Å². The normalized spacial score (nSPS) is 13.3. The molecule has 0 bridgehead atoms. The second-order valence-electron chi connectivity index (χ2n) is 5.83. The minimum Gasteiger partial charge on any atom is -0.494 e. The molecule has 124 valence electrons. The highest BCUT2D eigenvalue weighted by Crippen LogP contribution is 2.14. The third kappa shape index (κ3) is 4.22. The van der Waals surface area contributed by atoms with Gasteiger partial charge in [-0.1, -0.05) is 30.3 Å². The average Bonchev–Trinajstić information content (AvgIpc) is 3.12. The van der Waals surface area contributed by atoms with Crippen LogP contribution in [-0.4, -0.2) is 31.3 Å². The Hall–Kier alpha value is -2.62. The van der Waals surface area contributed by atoms with Crippen LogP contribution < -0.4 is 10.1 Å². The van der Waals surface area contributed by atoms with Crippen molar-refractivity contribution in [2.45, 2.75) is 19.8 Å². The van der Waals surface area contributed by atoms with E-state index in [2.05, 4.69) is 10.3 Å². The molecule has 2 aromatic rings. The zero-order valence-corrected chi connectivity index (χ0v) is 13.9. The van der Waals surface area contributed by atoms with E-state index in [1.54, 1.807) is 0 Å². The van der Waals surface area contributed by atoms with E-state index in [0.29, 0.717) is 19.4 Å². The maximum atomic E-state index is 12.3. The standard InChI is InChI=1S/C20H22N2O2/c1-2-24-19-8-6-15(7-9-19)13-18(23)14-16-4-3-5-17(12-16)20-21-10-11-22-20/h3-9,12H,2,10-11,13-14H2,1H3,(H,21,22). The first kappa shape index (κ1) is 16.2. The average molecular weight is 322 g/mol. The molecule has 0 amide bonds. The lowest BCUT2D eigenvalue weighted by molar-refractivity contribution is -0.117. The maximum absolute atomic E-state index is 12.3. The Morgan fingerprint density at radius 3 is 2.62 bits per heavy atom. The van der Waals surface area contributed by atoms with E-state index in [9.17, 15) is 4.79 Å². The van der Waals surface area contributed by atoms with Crippen molar-refractivity contribution in [2.75, 3.05) is 19.7 Å². The van der Waals surface area contributed by atoms with Crippen LogP contribution in [0, 0.1) is 0 Å². The molecule has 0 fully saturated rings. The first-order valence-corrected chi connectivity index (χ1v) is 8.35. The van der Waals surface area contributed by atoms with E-state index >= 15 is 0 Å². The summed E-state index contributed by atoms with van der Waals surface area (Å²) in [5.74, 6) is 1.97. The second-order valence-corrected chi connectivity index (χ2v) is 5.83. The van der Waals surface area contributed by atoms with Crippen LogP contribution in [0.4, 0.5) is 0 Å². The highest BCUT2D eigenvalue weighted by molar-refractivity contribution is 6.00. The Morgan fingerprint density at radius 1 is 1.12 bits per heavy atom. The number of nitrogens with zero attached hydrogens (tertiary/aromatic N) is 1. The lowest BCUT2D eigenvalue weighted by atomic mass is 10.0. The first-order valence-electron chi connectivity index (χ1n) is 8.35. The molecular formula is C20H22N2O2. The van der Waals surface area contributed by atoms with Crippen LogP contribution in [0.1, 0.15) is 23.6 Å². The SMILES string of the molecule is CCOc1ccc(CC(=O)Cc2cccc(C3=NCCN3)c2)cc1. The molecule has 0 unspecified atom stereocenters. The van der Waals surface area contributed by atoms with Gasteiger partial charge in [-0.3, -0.25) is 9.79 Å². The van der Waals surface area contributed by atoms with Gasteiger partial charge < -0.3 is 10.1 Å². The molecule has 4 nitrogen and oxygen atoms in total. The molecule has 1 heterocycles. The third-order valence-corrected chi connectivity index (χ3v) is 3.91. The predicted molar refractivity (Wildman–Crippen MR) is 95.9 cm³/mol. The molecule has 1 aliphatic rings. The van der Waals surface area contributed by atoms with Gasteiger partial charge in [-0.05, 0) is 36.2 Å². The molecule has 0 saturated heterocycles. The summed E-state index contributed by atoms with van der Waals surface area (Å²) in [7, 11) is 0. The summed E-state index contributed by atoms with van der Waals surface area (Å²) < 4.78 is 5.42. The van der Waals surface area contributed by atoms with Gasteiger partial charge in [0.1, 0.15) is 17.4 Å². The van der Waals surface area contributed by atoms with Gasteiger partial charge in [0.2, 0.25) is 0 Å². The minimum absolute atomic E-state index is 0.206. The number of nitrogens with one attached hydrogen (secondary N) is 1. The number of carbonyl (C=O) groups is 1. The Balaban J connectivity index is 1.61. The number of ketones is 1. The largest absolute Gasteiger partial charge is 0.494 e. The quantitative estimate of drug-likeness (QED) is 0.853.